The van der Waals surface area contributed by atoms with Gasteiger partial charge in [0.15, 0.2) is 0 Å². The lowest BCUT2D eigenvalue weighted by atomic mass is 10.0. The van der Waals surface area contributed by atoms with Crippen molar-refractivity contribution < 1.29 is 14.3 Å². The summed E-state index contributed by atoms with van der Waals surface area (Å²) >= 11 is 0. The molecule has 5 heteroatoms. The van der Waals surface area contributed by atoms with E-state index in [1.807, 2.05) is 46.8 Å². The van der Waals surface area contributed by atoms with Gasteiger partial charge in [0.25, 0.3) is 0 Å². The minimum absolute atomic E-state index is 0.335. The normalized spacial score (nSPS) is 15.5. The molecule has 0 spiro atoms. The van der Waals surface area contributed by atoms with Crippen molar-refractivity contribution in [2.75, 3.05) is 6.61 Å². The number of rotatable bonds is 4. The van der Waals surface area contributed by atoms with Crippen molar-refractivity contribution >= 4 is 6.09 Å². The predicted octanol–water partition coefficient (Wildman–Crippen LogP) is 3.61. The minimum Gasteiger partial charge on any atom is -0.491 e. The van der Waals surface area contributed by atoms with Gasteiger partial charge in [0, 0.05) is 0 Å². The van der Waals surface area contributed by atoms with Crippen LogP contribution in [0.5, 0.6) is 5.75 Å². The van der Waals surface area contributed by atoms with E-state index in [9.17, 15) is 4.79 Å². The highest BCUT2D eigenvalue weighted by molar-refractivity contribution is 5.69. The maximum Gasteiger partial charge on any atom is 0.408 e. The third-order valence-electron chi connectivity index (χ3n) is 3.75. The van der Waals surface area contributed by atoms with Crippen molar-refractivity contribution in [3.8, 4) is 11.8 Å². The first kappa shape index (κ1) is 17.1. The maximum atomic E-state index is 11.9. The SMILES string of the molecule is Cc1cc(OCC2(NC(=O)OC(C)(C)C)CC2)cc(C)c1C#N. The molecule has 2 rings (SSSR count). The zero-order valence-electron chi connectivity index (χ0n) is 14.4. The van der Waals surface area contributed by atoms with Crippen molar-refractivity contribution in [3.05, 3.63) is 28.8 Å². The Kier molecular flexibility index (Phi) is 4.56. The molecule has 1 aliphatic carbocycles. The van der Waals surface area contributed by atoms with E-state index in [-0.39, 0.29) is 5.54 Å². The number of alkyl carbamates (subject to hydrolysis) is 1. The number of carbonyl (C=O) groups excluding carboxylic acids is 1. The topological polar surface area (TPSA) is 71.3 Å². The van der Waals surface area contributed by atoms with Crippen LogP contribution in [0.4, 0.5) is 4.79 Å². The fourth-order valence-electron chi connectivity index (χ4n) is 2.38. The van der Waals surface area contributed by atoms with E-state index in [2.05, 4.69) is 11.4 Å². The monoisotopic (exact) mass is 316 g/mol. The van der Waals surface area contributed by atoms with Crippen LogP contribution in [0.25, 0.3) is 0 Å². The third kappa shape index (κ3) is 4.62. The molecule has 0 saturated heterocycles. The highest BCUT2D eigenvalue weighted by Crippen LogP contribution is 2.36. The van der Waals surface area contributed by atoms with Crippen molar-refractivity contribution in [2.24, 2.45) is 0 Å². The molecular weight excluding hydrogens is 292 g/mol. The molecule has 0 aromatic heterocycles. The van der Waals surface area contributed by atoms with Gasteiger partial charge in [-0.1, -0.05) is 0 Å². The Bertz CT molecular complexity index is 626. The summed E-state index contributed by atoms with van der Waals surface area (Å²) in [7, 11) is 0. The number of ether oxygens (including phenoxy) is 2. The summed E-state index contributed by atoms with van der Waals surface area (Å²) in [6.45, 7) is 9.70. The lowest BCUT2D eigenvalue weighted by molar-refractivity contribution is 0.0477. The summed E-state index contributed by atoms with van der Waals surface area (Å²) in [5.41, 5.74) is 1.63. The smallest absolute Gasteiger partial charge is 0.408 e. The minimum atomic E-state index is -0.512. The first-order valence-electron chi connectivity index (χ1n) is 7.79. The van der Waals surface area contributed by atoms with Crippen LogP contribution in [0.1, 0.15) is 50.3 Å². The van der Waals surface area contributed by atoms with Gasteiger partial charge in [-0.25, -0.2) is 4.79 Å². The van der Waals surface area contributed by atoms with Crippen LogP contribution in [0.3, 0.4) is 0 Å². The van der Waals surface area contributed by atoms with Gasteiger partial charge in [0.2, 0.25) is 0 Å². The second-order valence-electron chi connectivity index (χ2n) is 7.24. The molecule has 0 atom stereocenters. The van der Waals surface area contributed by atoms with Gasteiger partial charge in [0.05, 0.1) is 17.2 Å². The summed E-state index contributed by atoms with van der Waals surface area (Å²) < 4.78 is 11.1. The average molecular weight is 316 g/mol. The van der Waals surface area contributed by atoms with Crippen molar-refractivity contribution in [2.45, 2.75) is 58.6 Å². The molecule has 0 heterocycles. The van der Waals surface area contributed by atoms with E-state index in [0.29, 0.717) is 12.2 Å². The Morgan fingerprint density at radius 2 is 1.87 bits per heavy atom. The molecule has 5 nitrogen and oxygen atoms in total. The summed E-state index contributed by atoms with van der Waals surface area (Å²) in [5, 5.41) is 12.0. The molecule has 1 N–H and O–H groups in total. The maximum absolute atomic E-state index is 11.9. The van der Waals surface area contributed by atoms with Gasteiger partial charge in [-0.3, -0.25) is 0 Å². The highest BCUT2D eigenvalue weighted by atomic mass is 16.6. The third-order valence-corrected chi connectivity index (χ3v) is 3.75. The van der Waals surface area contributed by atoms with E-state index in [1.54, 1.807) is 0 Å². The Balaban J connectivity index is 1.96. The number of nitrogens with zero attached hydrogens (tertiary/aromatic N) is 1. The molecule has 1 aromatic rings. The zero-order chi connectivity index (χ0) is 17.3. The van der Waals surface area contributed by atoms with Crippen LogP contribution in [0.15, 0.2) is 12.1 Å². The molecule has 0 unspecified atom stereocenters. The highest BCUT2D eigenvalue weighted by Gasteiger charge is 2.46. The molecule has 1 saturated carbocycles. The molecular formula is C18H24N2O3. The molecule has 124 valence electrons. The van der Waals surface area contributed by atoms with Crippen molar-refractivity contribution in [1.82, 2.24) is 5.32 Å². The quantitative estimate of drug-likeness (QED) is 0.921. The number of carbonyl (C=O) groups is 1. The molecule has 0 bridgehead atoms. The predicted molar refractivity (Wildman–Crippen MR) is 87.5 cm³/mol. The molecule has 0 aliphatic heterocycles. The Labute approximate surface area is 137 Å². The molecule has 0 radical (unpaired) electrons. The van der Waals surface area contributed by atoms with Crippen LogP contribution in [0, 0.1) is 25.2 Å². The van der Waals surface area contributed by atoms with Crippen molar-refractivity contribution in [1.29, 1.82) is 5.26 Å². The van der Waals surface area contributed by atoms with Gasteiger partial charge in [-0.2, -0.15) is 5.26 Å². The number of nitriles is 1. The standard InChI is InChI=1S/C18H24N2O3/c1-12-8-14(9-13(2)15(12)10-19)22-11-18(6-7-18)20-16(21)23-17(3,4)5/h8-9H,6-7,11H2,1-5H3,(H,20,21). The first-order chi connectivity index (χ1) is 10.6. The van der Waals surface area contributed by atoms with Crippen LogP contribution in [-0.4, -0.2) is 23.8 Å². The largest absolute Gasteiger partial charge is 0.491 e. The summed E-state index contributed by atoms with van der Waals surface area (Å²) in [6.07, 6.45) is 1.34. The number of hydrogen-bond acceptors (Lipinski definition) is 4. The second kappa shape index (κ2) is 6.11. The number of benzene rings is 1. The second-order valence-corrected chi connectivity index (χ2v) is 7.24. The van der Waals surface area contributed by atoms with Crippen LogP contribution in [0.2, 0.25) is 0 Å². The van der Waals surface area contributed by atoms with Gasteiger partial charge in [-0.05, 0) is 70.7 Å². The van der Waals surface area contributed by atoms with E-state index in [0.717, 1.165) is 29.7 Å². The van der Waals surface area contributed by atoms with E-state index < -0.39 is 11.7 Å². The lowest BCUT2D eigenvalue weighted by Gasteiger charge is -2.23. The van der Waals surface area contributed by atoms with Gasteiger partial charge in [0.1, 0.15) is 18.0 Å². The van der Waals surface area contributed by atoms with E-state index >= 15 is 0 Å². The molecule has 1 aromatic carbocycles. The molecule has 1 aliphatic rings. The van der Waals surface area contributed by atoms with Crippen LogP contribution < -0.4 is 10.1 Å². The van der Waals surface area contributed by atoms with Gasteiger partial charge in [-0.15, -0.1) is 0 Å². The number of nitrogens with one attached hydrogen (secondary N) is 1. The van der Waals surface area contributed by atoms with Crippen LogP contribution >= 0.6 is 0 Å². The van der Waals surface area contributed by atoms with Gasteiger partial charge < -0.3 is 14.8 Å². The summed E-state index contributed by atoms with van der Waals surface area (Å²) in [6, 6.07) is 5.91. The zero-order valence-corrected chi connectivity index (χ0v) is 14.4. The lowest BCUT2D eigenvalue weighted by Crippen LogP contribution is -2.44. The van der Waals surface area contributed by atoms with Gasteiger partial charge >= 0.3 is 6.09 Å². The summed E-state index contributed by atoms with van der Waals surface area (Å²) in [4.78, 5) is 11.9. The van der Waals surface area contributed by atoms with E-state index in [1.165, 1.54) is 0 Å². The fraction of sp³-hybridized carbons (Fsp3) is 0.556. The van der Waals surface area contributed by atoms with E-state index in [4.69, 9.17) is 14.7 Å². The van der Waals surface area contributed by atoms with Crippen LogP contribution in [-0.2, 0) is 4.74 Å². The number of amides is 1. The molecule has 1 amide bonds. The van der Waals surface area contributed by atoms with Crippen molar-refractivity contribution in [3.63, 3.8) is 0 Å². The molecule has 1 fully saturated rings. The first-order valence-corrected chi connectivity index (χ1v) is 7.79. The number of aryl methyl sites for hydroxylation is 2. The Morgan fingerprint density at radius 1 is 1.30 bits per heavy atom. The Morgan fingerprint density at radius 3 is 2.30 bits per heavy atom. The fourth-order valence-corrected chi connectivity index (χ4v) is 2.38. The summed E-state index contributed by atoms with van der Waals surface area (Å²) in [5.74, 6) is 0.719. The Hall–Kier alpha value is -2.22. The molecule has 23 heavy (non-hydrogen) atoms. The number of hydrogen-bond donors (Lipinski definition) is 1. The average Bonchev–Trinajstić information content (AvgIpc) is 3.14.